The largest absolute Gasteiger partial charge is 0.495 e. The first-order valence-electron chi connectivity index (χ1n) is 5.46. The van der Waals surface area contributed by atoms with Crippen molar-refractivity contribution in [2.24, 2.45) is 0 Å². The maximum atomic E-state index is 6.01. The Morgan fingerprint density at radius 2 is 1.88 bits per heavy atom. The van der Waals surface area contributed by atoms with E-state index in [1.807, 2.05) is 13.0 Å². The number of hydrogen-bond acceptors (Lipinski definition) is 4. The number of benzene rings is 1. The summed E-state index contributed by atoms with van der Waals surface area (Å²) in [6.07, 6.45) is 0. The third kappa shape index (κ3) is 3.98. The van der Waals surface area contributed by atoms with Crippen LogP contribution in [0.15, 0.2) is 12.1 Å². The van der Waals surface area contributed by atoms with Gasteiger partial charge in [0, 0.05) is 25.3 Å². The van der Waals surface area contributed by atoms with E-state index in [2.05, 4.69) is 5.32 Å². The normalized spacial score (nSPS) is 10.1. The Balaban J connectivity index is 2.74. The van der Waals surface area contributed by atoms with Gasteiger partial charge < -0.3 is 19.5 Å². The van der Waals surface area contributed by atoms with Gasteiger partial charge in [-0.1, -0.05) is 11.6 Å². The average molecular weight is 260 g/mol. The number of rotatable bonds is 7. The van der Waals surface area contributed by atoms with Crippen LogP contribution in [0.1, 0.15) is 6.92 Å². The highest BCUT2D eigenvalue weighted by Crippen LogP contribution is 2.35. The van der Waals surface area contributed by atoms with Crippen molar-refractivity contribution in [1.82, 2.24) is 0 Å². The zero-order chi connectivity index (χ0) is 12.7. The van der Waals surface area contributed by atoms with Crippen LogP contribution < -0.4 is 14.8 Å². The second-order valence-electron chi connectivity index (χ2n) is 3.31. The van der Waals surface area contributed by atoms with Crippen LogP contribution in [0.4, 0.5) is 5.69 Å². The molecule has 1 aromatic carbocycles. The molecule has 0 amide bonds. The SMILES string of the molecule is CCOCCNc1cc(OC)c(Cl)cc1OC. The van der Waals surface area contributed by atoms with E-state index in [1.54, 1.807) is 20.3 Å². The molecular formula is C12H18ClNO3. The van der Waals surface area contributed by atoms with Crippen LogP contribution in [-0.4, -0.2) is 34.0 Å². The van der Waals surface area contributed by atoms with E-state index in [1.165, 1.54) is 0 Å². The molecule has 5 heteroatoms. The summed E-state index contributed by atoms with van der Waals surface area (Å²) in [5.74, 6) is 1.30. The van der Waals surface area contributed by atoms with Gasteiger partial charge in [0.25, 0.3) is 0 Å². The molecule has 0 atom stereocenters. The summed E-state index contributed by atoms with van der Waals surface area (Å²) < 4.78 is 15.6. The van der Waals surface area contributed by atoms with Crippen molar-refractivity contribution >= 4 is 17.3 Å². The monoisotopic (exact) mass is 259 g/mol. The van der Waals surface area contributed by atoms with Gasteiger partial charge in [0.1, 0.15) is 11.5 Å². The zero-order valence-corrected chi connectivity index (χ0v) is 11.1. The minimum atomic E-state index is 0.528. The quantitative estimate of drug-likeness (QED) is 0.765. The summed E-state index contributed by atoms with van der Waals surface area (Å²) in [6.45, 7) is 4.02. The molecule has 0 saturated carbocycles. The van der Waals surface area contributed by atoms with Crippen molar-refractivity contribution in [1.29, 1.82) is 0 Å². The van der Waals surface area contributed by atoms with E-state index in [4.69, 9.17) is 25.8 Å². The molecule has 1 N–H and O–H groups in total. The maximum Gasteiger partial charge on any atom is 0.143 e. The molecule has 0 aliphatic heterocycles. The highest BCUT2D eigenvalue weighted by molar-refractivity contribution is 6.32. The van der Waals surface area contributed by atoms with Gasteiger partial charge >= 0.3 is 0 Å². The summed E-state index contributed by atoms with van der Waals surface area (Å²) in [5.41, 5.74) is 0.841. The van der Waals surface area contributed by atoms with E-state index in [-0.39, 0.29) is 0 Å². The summed E-state index contributed by atoms with van der Waals surface area (Å²) in [4.78, 5) is 0. The molecule has 0 spiro atoms. The van der Waals surface area contributed by atoms with Crippen molar-refractivity contribution in [2.45, 2.75) is 6.92 Å². The predicted octanol–water partition coefficient (Wildman–Crippen LogP) is 2.81. The van der Waals surface area contributed by atoms with Crippen LogP contribution in [-0.2, 0) is 4.74 Å². The molecule has 0 saturated heterocycles. The number of hydrogen-bond donors (Lipinski definition) is 1. The Labute approximate surface area is 107 Å². The van der Waals surface area contributed by atoms with E-state index in [9.17, 15) is 0 Å². The molecule has 0 radical (unpaired) electrons. The molecule has 1 rings (SSSR count). The van der Waals surface area contributed by atoms with Gasteiger partial charge in [-0.3, -0.25) is 0 Å². The van der Waals surface area contributed by atoms with Gasteiger partial charge in [0.15, 0.2) is 0 Å². The van der Waals surface area contributed by atoms with Crippen LogP contribution in [0.25, 0.3) is 0 Å². The van der Waals surface area contributed by atoms with Crippen molar-refractivity contribution < 1.29 is 14.2 Å². The molecule has 0 bridgehead atoms. The Kier molecular flexibility index (Phi) is 5.94. The summed E-state index contributed by atoms with van der Waals surface area (Å²) in [7, 11) is 3.18. The first kappa shape index (κ1) is 13.9. The minimum absolute atomic E-state index is 0.528. The third-order valence-electron chi connectivity index (χ3n) is 2.24. The van der Waals surface area contributed by atoms with Crippen molar-refractivity contribution in [3.8, 4) is 11.5 Å². The lowest BCUT2D eigenvalue weighted by atomic mass is 10.2. The van der Waals surface area contributed by atoms with Crippen LogP contribution in [0, 0.1) is 0 Å². The molecule has 0 aliphatic carbocycles. The van der Waals surface area contributed by atoms with Crippen LogP contribution in [0.3, 0.4) is 0 Å². The minimum Gasteiger partial charge on any atom is -0.495 e. The van der Waals surface area contributed by atoms with Crippen molar-refractivity contribution in [3.63, 3.8) is 0 Å². The predicted molar refractivity (Wildman–Crippen MR) is 69.5 cm³/mol. The standard InChI is InChI=1S/C12H18ClNO3/c1-4-17-6-5-14-10-8-11(15-2)9(13)7-12(10)16-3/h7-8,14H,4-6H2,1-3H3. The van der Waals surface area contributed by atoms with Crippen LogP contribution >= 0.6 is 11.6 Å². The topological polar surface area (TPSA) is 39.7 Å². The number of anilines is 1. The second kappa shape index (κ2) is 7.25. The third-order valence-corrected chi connectivity index (χ3v) is 2.54. The van der Waals surface area contributed by atoms with E-state index >= 15 is 0 Å². The molecule has 17 heavy (non-hydrogen) atoms. The number of ether oxygens (including phenoxy) is 3. The molecule has 96 valence electrons. The lowest BCUT2D eigenvalue weighted by Crippen LogP contribution is -2.10. The second-order valence-corrected chi connectivity index (χ2v) is 3.72. The first-order chi connectivity index (χ1) is 8.22. The molecule has 0 aromatic heterocycles. The Hall–Kier alpha value is -1.13. The van der Waals surface area contributed by atoms with E-state index in [0.29, 0.717) is 36.3 Å². The maximum absolute atomic E-state index is 6.01. The van der Waals surface area contributed by atoms with Gasteiger partial charge in [-0.15, -0.1) is 0 Å². The average Bonchev–Trinajstić information content (AvgIpc) is 2.35. The molecule has 4 nitrogen and oxygen atoms in total. The lowest BCUT2D eigenvalue weighted by molar-refractivity contribution is 0.158. The van der Waals surface area contributed by atoms with Gasteiger partial charge in [0.2, 0.25) is 0 Å². The highest BCUT2D eigenvalue weighted by Gasteiger charge is 2.09. The lowest BCUT2D eigenvalue weighted by Gasteiger charge is -2.13. The first-order valence-corrected chi connectivity index (χ1v) is 5.83. The fourth-order valence-corrected chi connectivity index (χ4v) is 1.63. The molecule has 1 aromatic rings. The number of halogens is 1. The zero-order valence-electron chi connectivity index (χ0n) is 10.4. The van der Waals surface area contributed by atoms with Crippen LogP contribution in [0.2, 0.25) is 5.02 Å². The number of nitrogens with one attached hydrogen (secondary N) is 1. The van der Waals surface area contributed by atoms with E-state index in [0.717, 1.165) is 5.69 Å². The van der Waals surface area contributed by atoms with Crippen LogP contribution in [0.5, 0.6) is 11.5 Å². The van der Waals surface area contributed by atoms with E-state index < -0.39 is 0 Å². The fraction of sp³-hybridized carbons (Fsp3) is 0.500. The smallest absolute Gasteiger partial charge is 0.143 e. The number of methoxy groups -OCH3 is 2. The highest BCUT2D eigenvalue weighted by atomic mass is 35.5. The Morgan fingerprint density at radius 3 is 2.47 bits per heavy atom. The summed E-state index contributed by atoms with van der Waals surface area (Å²) >= 11 is 6.01. The van der Waals surface area contributed by atoms with Gasteiger partial charge in [-0.25, -0.2) is 0 Å². The Bertz CT molecular complexity index is 358. The molecule has 0 fully saturated rings. The molecule has 0 unspecified atom stereocenters. The molecule has 0 heterocycles. The summed E-state index contributed by atoms with van der Waals surface area (Å²) in [6, 6.07) is 3.54. The fourth-order valence-electron chi connectivity index (χ4n) is 1.40. The van der Waals surface area contributed by atoms with Crippen molar-refractivity contribution in [3.05, 3.63) is 17.2 Å². The molecular weight excluding hydrogens is 242 g/mol. The van der Waals surface area contributed by atoms with Crippen molar-refractivity contribution in [2.75, 3.05) is 39.3 Å². The Morgan fingerprint density at radius 1 is 1.18 bits per heavy atom. The van der Waals surface area contributed by atoms with Gasteiger partial charge in [0.05, 0.1) is 31.5 Å². The molecule has 0 aliphatic rings. The van der Waals surface area contributed by atoms with Gasteiger partial charge in [-0.05, 0) is 6.92 Å². The summed E-state index contributed by atoms with van der Waals surface area (Å²) in [5, 5.41) is 3.74. The van der Waals surface area contributed by atoms with Gasteiger partial charge in [-0.2, -0.15) is 0 Å².